The molecule has 0 amide bonds. The lowest BCUT2D eigenvalue weighted by molar-refractivity contribution is 0.276. The third-order valence-electron chi connectivity index (χ3n) is 2.48. The lowest BCUT2D eigenvalue weighted by Crippen LogP contribution is -2.35. The third-order valence-corrected chi connectivity index (χ3v) is 2.71. The van der Waals surface area contributed by atoms with E-state index in [1.165, 1.54) is 0 Å². The second kappa shape index (κ2) is 3.66. The number of rotatable bonds is 2. The molecule has 70 valence electrons. The molecule has 1 aromatic rings. The van der Waals surface area contributed by atoms with Gasteiger partial charge in [-0.15, -0.1) is 0 Å². The fourth-order valence-electron chi connectivity index (χ4n) is 1.59. The Morgan fingerprint density at radius 1 is 1.54 bits per heavy atom. The van der Waals surface area contributed by atoms with Gasteiger partial charge in [0.05, 0.1) is 6.61 Å². The summed E-state index contributed by atoms with van der Waals surface area (Å²) >= 11 is 5.89. The molecule has 3 heteroatoms. The Balaban J connectivity index is 2.33. The number of benzene rings is 1. The van der Waals surface area contributed by atoms with Crippen LogP contribution in [0.15, 0.2) is 18.2 Å². The number of aliphatic hydroxyl groups excluding tert-OH is 1. The van der Waals surface area contributed by atoms with Crippen LogP contribution in [0.4, 0.5) is 0 Å². The summed E-state index contributed by atoms with van der Waals surface area (Å²) in [5, 5.41) is 13.1. The quantitative estimate of drug-likeness (QED) is 0.759. The Kier molecular flexibility index (Phi) is 2.54. The molecular weight excluding hydrogens is 186 g/mol. The largest absolute Gasteiger partial charge is 0.392 e. The summed E-state index contributed by atoms with van der Waals surface area (Å²) in [6.45, 7) is 1.15. The Labute approximate surface area is 82.5 Å². The molecule has 0 spiro atoms. The van der Waals surface area contributed by atoms with Crippen LogP contribution in [0.1, 0.15) is 23.6 Å². The first-order chi connectivity index (χ1) is 6.31. The summed E-state index contributed by atoms with van der Waals surface area (Å²) < 4.78 is 0. The molecule has 1 fully saturated rings. The predicted molar refractivity (Wildman–Crippen MR) is 52.7 cm³/mol. The lowest BCUT2D eigenvalue weighted by Gasteiger charge is -2.29. The first-order valence-corrected chi connectivity index (χ1v) is 4.81. The van der Waals surface area contributed by atoms with Gasteiger partial charge in [-0.2, -0.15) is 0 Å². The van der Waals surface area contributed by atoms with Crippen molar-refractivity contribution in [3.8, 4) is 0 Å². The normalized spacial score (nSPS) is 21.2. The highest BCUT2D eigenvalue weighted by molar-refractivity contribution is 6.30. The second-order valence-electron chi connectivity index (χ2n) is 3.30. The van der Waals surface area contributed by atoms with Crippen molar-refractivity contribution in [3.63, 3.8) is 0 Å². The van der Waals surface area contributed by atoms with Crippen LogP contribution in [0.25, 0.3) is 0 Å². The maximum atomic E-state index is 9.11. The van der Waals surface area contributed by atoms with Gasteiger partial charge >= 0.3 is 0 Å². The zero-order valence-corrected chi connectivity index (χ0v) is 8.01. The number of nitrogens with one attached hydrogen (secondary N) is 1. The molecule has 13 heavy (non-hydrogen) atoms. The Morgan fingerprint density at radius 3 is 2.85 bits per heavy atom. The highest BCUT2D eigenvalue weighted by Crippen LogP contribution is 2.28. The van der Waals surface area contributed by atoms with Crippen molar-refractivity contribution in [1.29, 1.82) is 0 Å². The van der Waals surface area contributed by atoms with E-state index in [0.717, 1.165) is 29.1 Å². The van der Waals surface area contributed by atoms with Gasteiger partial charge < -0.3 is 10.4 Å². The van der Waals surface area contributed by atoms with E-state index in [9.17, 15) is 0 Å². The summed E-state index contributed by atoms with van der Waals surface area (Å²) in [5.74, 6) is 0. The molecule has 0 aliphatic carbocycles. The van der Waals surface area contributed by atoms with Crippen LogP contribution in [-0.2, 0) is 6.61 Å². The van der Waals surface area contributed by atoms with Crippen molar-refractivity contribution in [2.24, 2.45) is 0 Å². The maximum absolute atomic E-state index is 9.11. The van der Waals surface area contributed by atoms with Gasteiger partial charge in [0, 0.05) is 11.1 Å². The van der Waals surface area contributed by atoms with E-state index in [0.29, 0.717) is 6.04 Å². The van der Waals surface area contributed by atoms with Crippen molar-refractivity contribution < 1.29 is 5.11 Å². The van der Waals surface area contributed by atoms with Crippen molar-refractivity contribution in [2.75, 3.05) is 6.54 Å². The fourth-order valence-corrected chi connectivity index (χ4v) is 1.77. The van der Waals surface area contributed by atoms with Gasteiger partial charge in [0.2, 0.25) is 0 Å². The Hall–Kier alpha value is -0.570. The van der Waals surface area contributed by atoms with E-state index in [-0.39, 0.29) is 6.61 Å². The van der Waals surface area contributed by atoms with E-state index < -0.39 is 0 Å². The van der Waals surface area contributed by atoms with Crippen LogP contribution < -0.4 is 5.32 Å². The topological polar surface area (TPSA) is 32.3 Å². The summed E-state index contributed by atoms with van der Waals surface area (Å²) in [4.78, 5) is 0. The van der Waals surface area contributed by atoms with Gasteiger partial charge in [0.1, 0.15) is 0 Å². The summed E-state index contributed by atoms with van der Waals surface area (Å²) in [7, 11) is 0. The van der Waals surface area contributed by atoms with Crippen LogP contribution in [0.5, 0.6) is 0 Å². The first-order valence-electron chi connectivity index (χ1n) is 4.44. The van der Waals surface area contributed by atoms with Crippen LogP contribution >= 0.6 is 11.6 Å². The highest BCUT2D eigenvalue weighted by atomic mass is 35.5. The van der Waals surface area contributed by atoms with Crippen molar-refractivity contribution in [2.45, 2.75) is 19.1 Å². The first kappa shape index (κ1) is 9.00. The molecule has 1 aromatic carbocycles. The van der Waals surface area contributed by atoms with Gasteiger partial charge in [-0.25, -0.2) is 0 Å². The molecular formula is C10H12ClNO. The van der Waals surface area contributed by atoms with Crippen LogP contribution in [0.3, 0.4) is 0 Å². The van der Waals surface area contributed by atoms with E-state index in [4.69, 9.17) is 16.7 Å². The fraction of sp³-hybridized carbons (Fsp3) is 0.400. The average molecular weight is 198 g/mol. The molecule has 1 aliphatic heterocycles. The number of aliphatic hydroxyl groups is 1. The van der Waals surface area contributed by atoms with E-state index in [1.807, 2.05) is 18.2 Å². The molecule has 0 bridgehead atoms. The molecule has 1 saturated heterocycles. The summed E-state index contributed by atoms with van der Waals surface area (Å²) in [5.41, 5.74) is 2.11. The van der Waals surface area contributed by atoms with Gasteiger partial charge in [0.25, 0.3) is 0 Å². The zero-order valence-electron chi connectivity index (χ0n) is 7.26. The van der Waals surface area contributed by atoms with Gasteiger partial charge in [0.15, 0.2) is 0 Å². The zero-order chi connectivity index (χ0) is 9.26. The minimum Gasteiger partial charge on any atom is -0.392 e. The molecule has 0 saturated carbocycles. The molecule has 0 radical (unpaired) electrons. The van der Waals surface area contributed by atoms with Gasteiger partial charge in [-0.05, 0) is 36.2 Å². The van der Waals surface area contributed by atoms with Crippen LogP contribution in [0, 0.1) is 0 Å². The van der Waals surface area contributed by atoms with Gasteiger partial charge in [-0.1, -0.05) is 17.7 Å². The molecule has 0 unspecified atom stereocenters. The minimum absolute atomic E-state index is 0.0880. The molecule has 1 aliphatic rings. The third kappa shape index (κ3) is 1.70. The Bertz CT molecular complexity index is 310. The predicted octanol–water partition coefficient (Wildman–Crippen LogP) is 1.87. The smallest absolute Gasteiger partial charge is 0.0685 e. The molecule has 1 atom stereocenters. The molecule has 2 rings (SSSR count). The van der Waals surface area contributed by atoms with E-state index in [1.54, 1.807) is 0 Å². The average Bonchev–Trinajstić information content (AvgIpc) is 2.02. The number of hydrogen-bond donors (Lipinski definition) is 2. The van der Waals surface area contributed by atoms with E-state index >= 15 is 0 Å². The summed E-state index contributed by atoms with van der Waals surface area (Å²) in [6.07, 6.45) is 1.13. The molecule has 2 nitrogen and oxygen atoms in total. The standard InChI is InChI=1S/C10H12ClNO/c11-8-2-1-7(6-13)9(5-8)10-3-4-12-10/h1-2,5,10,12-13H,3-4,6H2/t10-/m1/s1. The van der Waals surface area contributed by atoms with Crippen LogP contribution in [0.2, 0.25) is 5.02 Å². The van der Waals surface area contributed by atoms with Crippen LogP contribution in [-0.4, -0.2) is 11.7 Å². The van der Waals surface area contributed by atoms with E-state index in [2.05, 4.69) is 5.32 Å². The Morgan fingerprint density at radius 2 is 2.31 bits per heavy atom. The number of hydrogen-bond acceptors (Lipinski definition) is 2. The van der Waals surface area contributed by atoms with Crippen molar-refractivity contribution in [1.82, 2.24) is 5.32 Å². The minimum atomic E-state index is 0.0880. The van der Waals surface area contributed by atoms with Crippen molar-refractivity contribution >= 4 is 11.6 Å². The monoisotopic (exact) mass is 197 g/mol. The van der Waals surface area contributed by atoms with Gasteiger partial charge in [-0.3, -0.25) is 0 Å². The summed E-state index contributed by atoms with van der Waals surface area (Å²) in [6, 6.07) is 6.03. The molecule has 0 aromatic heterocycles. The maximum Gasteiger partial charge on any atom is 0.0685 e. The SMILES string of the molecule is OCc1ccc(Cl)cc1[C@H]1CCN1. The highest BCUT2D eigenvalue weighted by Gasteiger charge is 2.20. The van der Waals surface area contributed by atoms with Crippen molar-refractivity contribution in [3.05, 3.63) is 34.3 Å². The second-order valence-corrected chi connectivity index (χ2v) is 3.73. The molecule has 1 heterocycles. The number of halogens is 1. The lowest BCUT2D eigenvalue weighted by atomic mass is 9.94. The molecule has 2 N–H and O–H groups in total.